The van der Waals surface area contributed by atoms with Crippen molar-refractivity contribution in [3.05, 3.63) is 94.5 Å². The summed E-state index contributed by atoms with van der Waals surface area (Å²) in [6.07, 6.45) is 0. The fraction of sp³-hybridized carbons (Fsp3) is 0.0400. The molecular formula is C25H19FN3O3P. The zero-order chi connectivity index (χ0) is 23.4. The third kappa shape index (κ3) is 4.78. The minimum absolute atomic E-state index is 0.234. The Hall–Kier alpha value is -3.96. The van der Waals surface area contributed by atoms with E-state index in [1.807, 2.05) is 48.5 Å². The second-order valence-electron chi connectivity index (χ2n) is 7.21. The van der Waals surface area contributed by atoms with Crippen LogP contribution in [-0.4, -0.2) is 7.05 Å². The van der Waals surface area contributed by atoms with Gasteiger partial charge in [0, 0.05) is 7.05 Å². The lowest BCUT2D eigenvalue weighted by Gasteiger charge is -2.13. The molecule has 33 heavy (non-hydrogen) atoms. The molecule has 6 nitrogen and oxygen atoms in total. The lowest BCUT2D eigenvalue weighted by molar-refractivity contribution is 0.485. The fourth-order valence-corrected chi connectivity index (χ4v) is 3.63. The van der Waals surface area contributed by atoms with Crippen LogP contribution in [0.4, 0.5) is 21.5 Å². The molecule has 0 aliphatic heterocycles. The van der Waals surface area contributed by atoms with E-state index in [-0.39, 0.29) is 5.69 Å². The van der Waals surface area contributed by atoms with E-state index in [0.29, 0.717) is 22.7 Å². The van der Waals surface area contributed by atoms with Crippen LogP contribution in [0.25, 0.3) is 22.3 Å². The van der Waals surface area contributed by atoms with E-state index >= 15 is 0 Å². The Morgan fingerprint density at radius 3 is 2.03 bits per heavy atom. The molecule has 0 saturated heterocycles. The molecule has 4 rings (SSSR count). The van der Waals surface area contributed by atoms with E-state index in [1.165, 1.54) is 12.1 Å². The lowest BCUT2D eigenvalue weighted by atomic mass is 10.0. The zero-order valence-electron chi connectivity index (χ0n) is 17.6. The maximum absolute atomic E-state index is 13.6. The molecule has 0 saturated carbocycles. The monoisotopic (exact) mass is 459 g/mol. The van der Waals surface area contributed by atoms with Gasteiger partial charge in [0.05, 0.1) is 5.69 Å². The van der Waals surface area contributed by atoms with Crippen molar-refractivity contribution in [1.82, 2.24) is 0 Å². The van der Waals surface area contributed by atoms with E-state index < -0.39 is 5.82 Å². The predicted octanol–water partition coefficient (Wildman–Crippen LogP) is 7.29. The second-order valence-corrected chi connectivity index (χ2v) is 7.83. The maximum atomic E-state index is 13.6. The summed E-state index contributed by atoms with van der Waals surface area (Å²) in [5.41, 5.74) is 4.13. The van der Waals surface area contributed by atoms with Gasteiger partial charge in [-0.3, -0.25) is 0 Å². The maximum Gasteiger partial charge on any atom is 0.152 e. The van der Waals surface area contributed by atoms with Crippen LogP contribution in [0.3, 0.4) is 0 Å². The number of ether oxygens (including phenoxy) is 1. The number of benzene rings is 4. The molecule has 0 amide bonds. The van der Waals surface area contributed by atoms with Crippen LogP contribution in [0, 0.1) is 15.6 Å². The van der Waals surface area contributed by atoms with Crippen molar-refractivity contribution in [3.63, 3.8) is 0 Å². The van der Waals surface area contributed by atoms with E-state index in [2.05, 4.69) is 24.9 Å². The molecule has 164 valence electrons. The smallest absolute Gasteiger partial charge is 0.152 e. The van der Waals surface area contributed by atoms with E-state index in [4.69, 9.17) is 4.74 Å². The van der Waals surface area contributed by atoms with Crippen molar-refractivity contribution < 1.29 is 9.13 Å². The van der Waals surface area contributed by atoms with Gasteiger partial charge < -0.3 is 10.1 Å². The summed E-state index contributed by atoms with van der Waals surface area (Å²) < 4.78 is 19.6. The van der Waals surface area contributed by atoms with E-state index in [9.17, 15) is 14.2 Å². The van der Waals surface area contributed by atoms with Gasteiger partial charge in [0.15, 0.2) is 11.6 Å². The van der Waals surface area contributed by atoms with Gasteiger partial charge in [-0.05, 0) is 80.4 Å². The first-order chi connectivity index (χ1) is 16.0. The summed E-state index contributed by atoms with van der Waals surface area (Å²) in [4.78, 5) is 21.8. The van der Waals surface area contributed by atoms with Crippen molar-refractivity contribution in [3.8, 4) is 33.8 Å². The van der Waals surface area contributed by atoms with Gasteiger partial charge in [0.2, 0.25) is 0 Å². The Morgan fingerprint density at radius 1 is 0.758 bits per heavy atom. The molecule has 1 unspecified atom stereocenters. The highest BCUT2D eigenvalue weighted by Gasteiger charge is 2.10. The molecule has 0 spiro atoms. The number of nitrogens with one attached hydrogen (secondary N) is 1. The molecule has 1 atom stereocenters. The highest BCUT2D eigenvalue weighted by molar-refractivity contribution is 7.28. The highest BCUT2D eigenvalue weighted by Crippen LogP contribution is 2.36. The molecule has 0 aromatic heterocycles. The highest BCUT2D eigenvalue weighted by atomic mass is 31.0. The molecule has 0 aliphatic rings. The molecule has 0 aliphatic carbocycles. The van der Waals surface area contributed by atoms with Gasteiger partial charge in [-0.15, -0.1) is 19.1 Å². The standard InChI is InChI=1S/C25H19FN3O3P/c1-27-22-13-18(17-4-9-20(26)21(12-17)28-30)5-10-24(22)32-19-7-2-15(3-8-19)16-6-11-25(33)23(14-16)29-31/h2-14,27H,33H2,1H3. The van der Waals surface area contributed by atoms with Crippen LogP contribution in [-0.2, 0) is 0 Å². The van der Waals surface area contributed by atoms with Crippen LogP contribution in [0.15, 0.2) is 89.2 Å². The van der Waals surface area contributed by atoms with Crippen LogP contribution >= 0.6 is 9.24 Å². The fourth-order valence-electron chi connectivity index (χ4n) is 3.40. The first-order valence-electron chi connectivity index (χ1n) is 9.98. The number of hydrogen-bond acceptors (Lipinski definition) is 6. The number of hydrogen-bond donors (Lipinski definition) is 1. The molecule has 8 heteroatoms. The topological polar surface area (TPSA) is 80.1 Å². The summed E-state index contributed by atoms with van der Waals surface area (Å²) in [6, 6.07) is 22.7. The van der Waals surface area contributed by atoms with Crippen molar-refractivity contribution in [1.29, 1.82) is 0 Å². The second kappa shape index (κ2) is 9.67. The molecule has 0 fully saturated rings. The molecule has 1 N–H and O–H groups in total. The Morgan fingerprint density at radius 2 is 1.33 bits per heavy atom. The van der Waals surface area contributed by atoms with Crippen LogP contribution < -0.4 is 15.4 Å². The summed E-state index contributed by atoms with van der Waals surface area (Å²) in [5.74, 6) is 0.576. The van der Waals surface area contributed by atoms with Gasteiger partial charge in [-0.1, -0.05) is 36.4 Å². The minimum atomic E-state index is -0.658. The van der Waals surface area contributed by atoms with Gasteiger partial charge in [0.1, 0.15) is 17.1 Å². The number of rotatable bonds is 7. The summed E-state index contributed by atoms with van der Waals surface area (Å²) in [6.45, 7) is 0. The van der Waals surface area contributed by atoms with E-state index in [1.54, 1.807) is 25.2 Å². The molecule has 0 bridgehead atoms. The van der Waals surface area contributed by atoms with Crippen LogP contribution in [0.2, 0.25) is 0 Å². The SMILES string of the molecule is CNc1cc(-c2ccc(F)c(N=O)c2)ccc1Oc1ccc(-c2ccc(P)c(N=O)c2)cc1. The number of nitroso groups, excluding NO2 is 2. The Kier molecular flexibility index (Phi) is 6.52. The number of halogens is 1. The van der Waals surface area contributed by atoms with Crippen molar-refractivity contribution in [2.45, 2.75) is 0 Å². The van der Waals surface area contributed by atoms with Gasteiger partial charge in [0.25, 0.3) is 0 Å². The van der Waals surface area contributed by atoms with Gasteiger partial charge in [-0.2, -0.15) is 0 Å². The molecule has 0 heterocycles. The Bertz CT molecular complexity index is 1340. The van der Waals surface area contributed by atoms with Crippen LogP contribution in [0.5, 0.6) is 11.5 Å². The van der Waals surface area contributed by atoms with E-state index in [0.717, 1.165) is 27.7 Å². The quantitative estimate of drug-likeness (QED) is 0.232. The van der Waals surface area contributed by atoms with Crippen molar-refractivity contribution in [2.75, 3.05) is 12.4 Å². The minimum Gasteiger partial charge on any atom is -0.455 e. The van der Waals surface area contributed by atoms with Gasteiger partial charge >= 0.3 is 0 Å². The summed E-state index contributed by atoms with van der Waals surface area (Å²) in [5, 5.41) is 9.62. The normalized spacial score (nSPS) is 10.5. The Balaban J connectivity index is 1.58. The number of nitrogens with zero attached hydrogens (tertiary/aromatic N) is 2. The van der Waals surface area contributed by atoms with Crippen LogP contribution in [0.1, 0.15) is 0 Å². The first kappa shape index (κ1) is 22.2. The van der Waals surface area contributed by atoms with Crippen molar-refractivity contribution >= 4 is 31.6 Å². The van der Waals surface area contributed by atoms with Crippen molar-refractivity contribution in [2.24, 2.45) is 10.4 Å². The number of anilines is 1. The summed E-state index contributed by atoms with van der Waals surface area (Å²) >= 11 is 0. The molecule has 0 radical (unpaired) electrons. The molecule has 4 aromatic carbocycles. The Labute approximate surface area is 192 Å². The third-order valence-electron chi connectivity index (χ3n) is 5.17. The molecular weight excluding hydrogens is 440 g/mol. The molecule has 4 aromatic rings. The predicted molar refractivity (Wildman–Crippen MR) is 134 cm³/mol. The summed E-state index contributed by atoms with van der Waals surface area (Å²) in [7, 11) is 4.26. The first-order valence-corrected chi connectivity index (χ1v) is 10.6. The average molecular weight is 459 g/mol. The largest absolute Gasteiger partial charge is 0.455 e. The lowest BCUT2D eigenvalue weighted by Crippen LogP contribution is -1.94. The van der Waals surface area contributed by atoms with Gasteiger partial charge in [-0.25, -0.2) is 4.39 Å². The average Bonchev–Trinajstić information content (AvgIpc) is 2.85. The zero-order valence-corrected chi connectivity index (χ0v) is 18.7. The third-order valence-corrected chi connectivity index (χ3v) is 5.66.